The van der Waals surface area contributed by atoms with Gasteiger partial charge in [0.1, 0.15) is 17.4 Å². The van der Waals surface area contributed by atoms with Crippen LogP contribution in [0.3, 0.4) is 0 Å². The molecular formula is C13H10F3NO. The van der Waals surface area contributed by atoms with Gasteiger partial charge in [0.05, 0.1) is 18.4 Å². The molecule has 0 radical (unpaired) electrons. The highest BCUT2D eigenvalue weighted by molar-refractivity contribution is 5.70. The van der Waals surface area contributed by atoms with E-state index in [2.05, 4.69) is 0 Å². The second-order valence-corrected chi connectivity index (χ2v) is 3.67. The molecule has 0 amide bonds. The summed E-state index contributed by atoms with van der Waals surface area (Å²) in [6.07, 6.45) is 0. The van der Waals surface area contributed by atoms with Crippen molar-refractivity contribution >= 4 is 5.69 Å². The molecule has 0 saturated heterocycles. The average Bonchev–Trinajstić information content (AvgIpc) is 2.36. The quantitative estimate of drug-likeness (QED) is 0.833. The van der Waals surface area contributed by atoms with E-state index in [4.69, 9.17) is 10.5 Å². The number of anilines is 1. The molecule has 0 heterocycles. The molecule has 2 N–H and O–H groups in total. The SMILES string of the molecule is COc1ccc(F)c(-c2c(F)ccc(N)c2F)c1. The second kappa shape index (κ2) is 4.60. The van der Waals surface area contributed by atoms with Crippen LogP contribution in [0.15, 0.2) is 30.3 Å². The van der Waals surface area contributed by atoms with Gasteiger partial charge in [-0.25, -0.2) is 13.2 Å². The van der Waals surface area contributed by atoms with Crippen LogP contribution in [0.5, 0.6) is 5.75 Å². The van der Waals surface area contributed by atoms with Gasteiger partial charge >= 0.3 is 0 Å². The first-order valence-electron chi connectivity index (χ1n) is 5.12. The number of ether oxygens (including phenoxy) is 1. The summed E-state index contributed by atoms with van der Waals surface area (Å²) in [4.78, 5) is 0. The molecule has 0 fully saturated rings. The van der Waals surface area contributed by atoms with Gasteiger partial charge in [-0.1, -0.05) is 0 Å². The Morgan fingerprint density at radius 1 is 1.00 bits per heavy atom. The first-order valence-corrected chi connectivity index (χ1v) is 5.12. The second-order valence-electron chi connectivity index (χ2n) is 3.67. The lowest BCUT2D eigenvalue weighted by Gasteiger charge is -2.10. The van der Waals surface area contributed by atoms with Gasteiger partial charge in [-0.15, -0.1) is 0 Å². The number of hydrogen-bond donors (Lipinski definition) is 1. The Kier molecular flexibility index (Phi) is 3.14. The zero-order valence-electron chi connectivity index (χ0n) is 9.51. The Bertz CT molecular complexity index is 599. The molecule has 0 aliphatic rings. The molecule has 0 spiro atoms. The van der Waals surface area contributed by atoms with Crippen molar-refractivity contribution in [3.63, 3.8) is 0 Å². The van der Waals surface area contributed by atoms with Crippen molar-refractivity contribution in [2.24, 2.45) is 0 Å². The van der Waals surface area contributed by atoms with Crippen molar-refractivity contribution < 1.29 is 17.9 Å². The molecule has 0 aliphatic heterocycles. The summed E-state index contributed by atoms with van der Waals surface area (Å²) < 4.78 is 46.0. The fraction of sp³-hybridized carbons (Fsp3) is 0.0769. The fourth-order valence-electron chi connectivity index (χ4n) is 1.64. The molecule has 0 unspecified atom stereocenters. The van der Waals surface area contributed by atoms with Gasteiger partial charge in [-0.05, 0) is 30.3 Å². The molecule has 2 nitrogen and oxygen atoms in total. The largest absolute Gasteiger partial charge is 0.497 e. The number of nitrogens with two attached hydrogens (primary N) is 1. The molecule has 0 aliphatic carbocycles. The Hall–Kier alpha value is -2.17. The minimum Gasteiger partial charge on any atom is -0.497 e. The van der Waals surface area contributed by atoms with Gasteiger partial charge in [0.25, 0.3) is 0 Å². The Balaban J connectivity index is 2.72. The van der Waals surface area contributed by atoms with Crippen LogP contribution < -0.4 is 10.5 Å². The van der Waals surface area contributed by atoms with Crippen LogP contribution in [0, 0.1) is 17.5 Å². The Morgan fingerprint density at radius 3 is 2.33 bits per heavy atom. The van der Waals surface area contributed by atoms with Gasteiger partial charge in [-0.2, -0.15) is 0 Å². The maximum atomic E-state index is 13.8. The van der Waals surface area contributed by atoms with Gasteiger partial charge in [-0.3, -0.25) is 0 Å². The zero-order chi connectivity index (χ0) is 13.3. The van der Waals surface area contributed by atoms with Crippen LogP contribution in [0.2, 0.25) is 0 Å². The molecule has 0 bridgehead atoms. The minimum atomic E-state index is -0.984. The van der Waals surface area contributed by atoms with E-state index in [0.717, 1.165) is 18.2 Å². The topological polar surface area (TPSA) is 35.2 Å². The molecule has 5 heteroatoms. The molecular weight excluding hydrogens is 243 g/mol. The van der Waals surface area contributed by atoms with Crippen LogP contribution in [0.4, 0.5) is 18.9 Å². The summed E-state index contributed by atoms with van der Waals surface area (Å²) in [6.45, 7) is 0. The Morgan fingerprint density at radius 2 is 1.67 bits per heavy atom. The summed E-state index contributed by atoms with van der Waals surface area (Å²) in [5.41, 5.74) is 4.39. The summed E-state index contributed by atoms with van der Waals surface area (Å²) in [5, 5.41) is 0. The van der Waals surface area contributed by atoms with Crippen LogP contribution >= 0.6 is 0 Å². The first-order chi connectivity index (χ1) is 8.54. The predicted octanol–water partition coefficient (Wildman–Crippen LogP) is 3.36. The highest BCUT2D eigenvalue weighted by atomic mass is 19.1. The van der Waals surface area contributed by atoms with E-state index in [-0.39, 0.29) is 11.3 Å². The van der Waals surface area contributed by atoms with E-state index < -0.39 is 23.0 Å². The number of rotatable bonds is 2. The molecule has 18 heavy (non-hydrogen) atoms. The fourth-order valence-corrected chi connectivity index (χ4v) is 1.64. The zero-order valence-corrected chi connectivity index (χ0v) is 9.51. The molecule has 0 atom stereocenters. The highest BCUT2D eigenvalue weighted by Gasteiger charge is 2.18. The number of benzene rings is 2. The number of methoxy groups -OCH3 is 1. The van der Waals surface area contributed by atoms with Crippen LogP contribution in [0.1, 0.15) is 0 Å². The minimum absolute atomic E-state index is 0.225. The third-order valence-electron chi connectivity index (χ3n) is 2.56. The molecule has 94 valence electrons. The van der Waals surface area contributed by atoms with Crippen LogP contribution in [0.25, 0.3) is 11.1 Å². The summed E-state index contributed by atoms with van der Waals surface area (Å²) in [7, 11) is 1.38. The molecule has 2 aromatic carbocycles. The van der Waals surface area contributed by atoms with Crippen molar-refractivity contribution in [1.29, 1.82) is 0 Å². The van der Waals surface area contributed by atoms with Gasteiger partial charge in [0, 0.05) is 5.56 Å². The number of nitrogen functional groups attached to an aromatic ring is 1. The van der Waals surface area contributed by atoms with Crippen LogP contribution in [-0.2, 0) is 0 Å². The lowest BCUT2D eigenvalue weighted by atomic mass is 10.0. The summed E-state index contributed by atoms with van der Waals surface area (Å²) >= 11 is 0. The van der Waals surface area contributed by atoms with E-state index in [1.807, 2.05) is 0 Å². The third kappa shape index (κ3) is 1.99. The van der Waals surface area contributed by atoms with Gasteiger partial charge in [0.2, 0.25) is 0 Å². The lowest BCUT2D eigenvalue weighted by molar-refractivity contribution is 0.414. The molecule has 2 aromatic rings. The number of halogens is 3. The molecule has 2 rings (SSSR count). The van der Waals surface area contributed by atoms with E-state index >= 15 is 0 Å². The monoisotopic (exact) mass is 253 g/mol. The van der Waals surface area contributed by atoms with E-state index in [1.165, 1.54) is 19.2 Å². The third-order valence-corrected chi connectivity index (χ3v) is 2.56. The van der Waals surface area contributed by atoms with Crippen molar-refractivity contribution in [1.82, 2.24) is 0 Å². The summed E-state index contributed by atoms with van der Waals surface area (Å²) in [6, 6.07) is 5.74. The lowest BCUT2D eigenvalue weighted by Crippen LogP contribution is -1.98. The van der Waals surface area contributed by atoms with E-state index in [0.29, 0.717) is 5.75 Å². The van der Waals surface area contributed by atoms with Crippen molar-refractivity contribution in [2.45, 2.75) is 0 Å². The van der Waals surface area contributed by atoms with Gasteiger partial charge < -0.3 is 10.5 Å². The first kappa shape index (κ1) is 12.3. The van der Waals surface area contributed by atoms with Crippen LogP contribution in [-0.4, -0.2) is 7.11 Å². The summed E-state index contributed by atoms with van der Waals surface area (Å²) in [5.74, 6) is -2.32. The van der Waals surface area contributed by atoms with Crippen molar-refractivity contribution in [2.75, 3.05) is 12.8 Å². The number of hydrogen-bond acceptors (Lipinski definition) is 2. The highest BCUT2D eigenvalue weighted by Crippen LogP contribution is 2.33. The maximum Gasteiger partial charge on any atom is 0.156 e. The van der Waals surface area contributed by atoms with E-state index in [9.17, 15) is 13.2 Å². The predicted molar refractivity (Wildman–Crippen MR) is 62.7 cm³/mol. The molecule has 0 saturated carbocycles. The Labute approximate surface area is 102 Å². The van der Waals surface area contributed by atoms with Crippen molar-refractivity contribution in [3.8, 4) is 16.9 Å². The normalized spacial score (nSPS) is 10.4. The molecule has 0 aromatic heterocycles. The van der Waals surface area contributed by atoms with Gasteiger partial charge in [0.15, 0.2) is 5.82 Å². The maximum absolute atomic E-state index is 13.8. The van der Waals surface area contributed by atoms with Crippen molar-refractivity contribution in [3.05, 3.63) is 47.8 Å². The smallest absolute Gasteiger partial charge is 0.156 e. The van der Waals surface area contributed by atoms with E-state index in [1.54, 1.807) is 0 Å². The standard InChI is InChI=1S/C13H10F3NO/c1-18-7-2-3-9(14)8(6-7)12-10(15)4-5-11(17)13(12)16/h2-6H,17H2,1H3. The average molecular weight is 253 g/mol.